The minimum Gasteiger partial charge on any atom is -0.484 e. The molecule has 2 aromatic carbocycles. The molecule has 2 nitrogen and oxygen atoms in total. The van der Waals surface area contributed by atoms with E-state index in [2.05, 4.69) is 31.1 Å². The second-order valence-electron chi connectivity index (χ2n) is 4.59. The lowest BCUT2D eigenvalue weighted by Crippen LogP contribution is -2.24. The first-order chi connectivity index (χ1) is 8.75. The van der Waals surface area contributed by atoms with Gasteiger partial charge in [-0.1, -0.05) is 48.5 Å². The summed E-state index contributed by atoms with van der Waals surface area (Å²) >= 11 is 0. The van der Waals surface area contributed by atoms with Crippen molar-refractivity contribution in [3.8, 4) is 5.75 Å². The zero-order valence-corrected chi connectivity index (χ0v) is 12.1. The topological polar surface area (TPSA) is 12.5 Å². The van der Waals surface area contributed by atoms with Crippen molar-refractivity contribution in [3.63, 3.8) is 0 Å². The molecule has 0 bridgehead atoms. The summed E-state index contributed by atoms with van der Waals surface area (Å²) < 4.78 is 6.07. The van der Waals surface area contributed by atoms with E-state index in [1.807, 2.05) is 48.5 Å². The Morgan fingerprint density at radius 1 is 0.895 bits per heavy atom. The second kappa shape index (κ2) is 7.82. The van der Waals surface area contributed by atoms with Crippen LogP contribution in [0.4, 0.5) is 0 Å². The summed E-state index contributed by atoms with van der Waals surface area (Å²) in [6.45, 7) is 0.860. The minimum absolute atomic E-state index is 0. The molecule has 19 heavy (non-hydrogen) atoms. The average Bonchev–Trinajstić information content (AvgIpc) is 2.40. The van der Waals surface area contributed by atoms with Crippen LogP contribution in [0, 0.1) is 0 Å². The van der Waals surface area contributed by atoms with Gasteiger partial charge in [0.25, 0.3) is 0 Å². The molecule has 0 saturated heterocycles. The Kier molecular flexibility index (Phi) is 6.40. The predicted molar refractivity (Wildman–Crippen MR) is 82.1 cm³/mol. The van der Waals surface area contributed by atoms with E-state index in [9.17, 15) is 0 Å². The normalized spacial score (nSPS) is 11.7. The van der Waals surface area contributed by atoms with Crippen molar-refractivity contribution >= 4 is 12.4 Å². The first kappa shape index (κ1) is 15.5. The van der Waals surface area contributed by atoms with Crippen LogP contribution in [0.5, 0.6) is 5.75 Å². The molecule has 0 radical (unpaired) electrons. The lowest BCUT2D eigenvalue weighted by atomic mass is 10.1. The van der Waals surface area contributed by atoms with Crippen LogP contribution in [-0.4, -0.2) is 25.5 Å². The van der Waals surface area contributed by atoms with E-state index in [0.717, 1.165) is 12.3 Å². The standard InChI is InChI=1S/C16H19NO.ClH/c1-17(2)13-16(14-9-5-3-6-10-14)18-15-11-7-4-8-12-15;/h3-12,16H,13H2,1-2H3;1H. The Labute approximate surface area is 121 Å². The van der Waals surface area contributed by atoms with Crippen molar-refractivity contribution in [2.45, 2.75) is 6.10 Å². The van der Waals surface area contributed by atoms with Gasteiger partial charge in [0.15, 0.2) is 0 Å². The molecule has 0 saturated carbocycles. The summed E-state index contributed by atoms with van der Waals surface area (Å²) in [5.41, 5.74) is 1.20. The third-order valence-electron chi connectivity index (χ3n) is 2.72. The highest BCUT2D eigenvalue weighted by atomic mass is 35.5. The highest BCUT2D eigenvalue weighted by Crippen LogP contribution is 2.22. The van der Waals surface area contributed by atoms with Gasteiger partial charge in [0.05, 0.1) is 0 Å². The van der Waals surface area contributed by atoms with E-state index >= 15 is 0 Å². The highest BCUT2D eigenvalue weighted by Gasteiger charge is 2.13. The maximum atomic E-state index is 6.07. The number of rotatable bonds is 5. The molecular weight excluding hydrogens is 258 g/mol. The summed E-state index contributed by atoms with van der Waals surface area (Å²) in [5, 5.41) is 0. The number of hydrogen-bond acceptors (Lipinski definition) is 2. The fourth-order valence-corrected chi connectivity index (χ4v) is 1.87. The van der Waals surface area contributed by atoms with Crippen molar-refractivity contribution in [1.82, 2.24) is 4.90 Å². The zero-order valence-electron chi connectivity index (χ0n) is 11.3. The SMILES string of the molecule is CN(C)CC(Oc1ccccc1)c1ccccc1.Cl. The Morgan fingerprint density at radius 3 is 1.95 bits per heavy atom. The Balaban J connectivity index is 0.00000180. The van der Waals surface area contributed by atoms with Crippen LogP contribution in [0.2, 0.25) is 0 Å². The van der Waals surface area contributed by atoms with Gasteiger partial charge < -0.3 is 9.64 Å². The van der Waals surface area contributed by atoms with Gasteiger partial charge >= 0.3 is 0 Å². The number of ether oxygens (including phenoxy) is 1. The molecule has 0 fully saturated rings. The van der Waals surface area contributed by atoms with Gasteiger partial charge in [0, 0.05) is 6.54 Å². The van der Waals surface area contributed by atoms with Crippen LogP contribution in [0.25, 0.3) is 0 Å². The number of likely N-dealkylation sites (N-methyl/N-ethyl adjacent to an activating group) is 1. The fourth-order valence-electron chi connectivity index (χ4n) is 1.87. The van der Waals surface area contributed by atoms with Crippen LogP contribution < -0.4 is 4.74 Å². The van der Waals surface area contributed by atoms with Crippen LogP contribution in [-0.2, 0) is 0 Å². The van der Waals surface area contributed by atoms with Crippen molar-refractivity contribution in [1.29, 1.82) is 0 Å². The van der Waals surface area contributed by atoms with Gasteiger partial charge in [-0.05, 0) is 31.8 Å². The lowest BCUT2D eigenvalue weighted by Gasteiger charge is -2.23. The highest BCUT2D eigenvalue weighted by molar-refractivity contribution is 5.85. The van der Waals surface area contributed by atoms with E-state index in [-0.39, 0.29) is 18.5 Å². The van der Waals surface area contributed by atoms with Crippen LogP contribution in [0.15, 0.2) is 60.7 Å². The van der Waals surface area contributed by atoms with Crippen molar-refractivity contribution in [2.75, 3.05) is 20.6 Å². The molecule has 0 heterocycles. The number of halogens is 1. The van der Waals surface area contributed by atoms with E-state index in [1.54, 1.807) is 0 Å². The molecule has 0 aliphatic heterocycles. The molecule has 1 unspecified atom stereocenters. The Hall–Kier alpha value is -1.51. The lowest BCUT2D eigenvalue weighted by molar-refractivity contribution is 0.162. The maximum Gasteiger partial charge on any atom is 0.136 e. The van der Waals surface area contributed by atoms with Gasteiger partial charge in [-0.3, -0.25) is 0 Å². The van der Waals surface area contributed by atoms with Crippen molar-refractivity contribution in [3.05, 3.63) is 66.2 Å². The monoisotopic (exact) mass is 277 g/mol. The second-order valence-corrected chi connectivity index (χ2v) is 4.59. The minimum atomic E-state index is 0. The van der Waals surface area contributed by atoms with E-state index in [0.29, 0.717) is 0 Å². The van der Waals surface area contributed by atoms with Crippen molar-refractivity contribution in [2.24, 2.45) is 0 Å². The quantitative estimate of drug-likeness (QED) is 0.824. The van der Waals surface area contributed by atoms with Gasteiger partial charge in [0.2, 0.25) is 0 Å². The van der Waals surface area contributed by atoms with Gasteiger partial charge in [-0.2, -0.15) is 0 Å². The molecular formula is C16H20ClNO. The molecule has 1 atom stereocenters. The van der Waals surface area contributed by atoms with Gasteiger partial charge in [-0.25, -0.2) is 0 Å². The molecule has 3 heteroatoms. The molecule has 0 amide bonds. The van der Waals surface area contributed by atoms with E-state index in [1.165, 1.54) is 5.56 Å². The van der Waals surface area contributed by atoms with Gasteiger partial charge in [0.1, 0.15) is 11.9 Å². The largest absolute Gasteiger partial charge is 0.484 e. The number of hydrogen-bond donors (Lipinski definition) is 0. The molecule has 0 spiro atoms. The van der Waals surface area contributed by atoms with E-state index < -0.39 is 0 Å². The van der Waals surface area contributed by atoms with Gasteiger partial charge in [-0.15, -0.1) is 12.4 Å². The fraction of sp³-hybridized carbons (Fsp3) is 0.250. The summed E-state index contributed by atoms with van der Waals surface area (Å²) in [4.78, 5) is 2.14. The number of nitrogens with zero attached hydrogens (tertiary/aromatic N) is 1. The molecule has 2 aromatic rings. The first-order valence-corrected chi connectivity index (χ1v) is 6.17. The maximum absolute atomic E-state index is 6.07. The molecule has 0 aliphatic carbocycles. The predicted octanol–water partition coefficient (Wildman–Crippen LogP) is 3.79. The molecule has 2 rings (SSSR count). The Bertz CT molecular complexity index is 459. The van der Waals surface area contributed by atoms with Crippen LogP contribution in [0.3, 0.4) is 0 Å². The average molecular weight is 278 g/mol. The number of para-hydroxylation sites is 1. The molecule has 0 N–H and O–H groups in total. The molecule has 102 valence electrons. The Morgan fingerprint density at radius 2 is 1.42 bits per heavy atom. The summed E-state index contributed by atoms with van der Waals surface area (Å²) in [7, 11) is 4.12. The van der Waals surface area contributed by atoms with E-state index in [4.69, 9.17) is 4.74 Å². The summed E-state index contributed by atoms with van der Waals surface area (Å²) in [5.74, 6) is 0.910. The summed E-state index contributed by atoms with van der Waals surface area (Å²) in [6.07, 6.45) is 0.0589. The third-order valence-corrected chi connectivity index (χ3v) is 2.72. The number of benzene rings is 2. The van der Waals surface area contributed by atoms with Crippen molar-refractivity contribution < 1.29 is 4.74 Å². The zero-order chi connectivity index (χ0) is 12.8. The van der Waals surface area contributed by atoms with Crippen LogP contribution >= 0.6 is 12.4 Å². The smallest absolute Gasteiger partial charge is 0.136 e. The third kappa shape index (κ3) is 4.93. The first-order valence-electron chi connectivity index (χ1n) is 6.17. The summed E-state index contributed by atoms with van der Waals surface area (Å²) in [6, 6.07) is 20.3. The molecule has 0 aliphatic rings. The van der Waals surface area contributed by atoms with Crippen LogP contribution in [0.1, 0.15) is 11.7 Å². The molecule has 0 aromatic heterocycles.